The fourth-order valence-corrected chi connectivity index (χ4v) is 2.75. The summed E-state index contributed by atoms with van der Waals surface area (Å²) in [5.74, 6) is -0.752. The minimum absolute atomic E-state index is 0.103. The van der Waals surface area contributed by atoms with E-state index in [1.54, 1.807) is 43.3 Å². The molecule has 0 fully saturated rings. The number of carbonyl (C=O) groups is 2. The van der Waals surface area contributed by atoms with Gasteiger partial charge in [0.25, 0.3) is 0 Å². The van der Waals surface area contributed by atoms with Gasteiger partial charge >= 0.3 is 11.6 Å². The van der Waals surface area contributed by atoms with Gasteiger partial charge in [0.15, 0.2) is 0 Å². The molecule has 1 aromatic heterocycles. The molecule has 2 aromatic carbocycles. The molecule has 0 atom stereocenters. The van der Waals surface area contributed by atoms with Gasteiger partial charge in [-0.15, -0.1) is 0 Å². The Kier molecular flexibility index (Phi) is 5.28. The topological polar surface area (TPSA) is 85.6 Å². The van der Waals surface area contributed by atoms with E-state index < -0.39 is 11.6 Å². The van der Waals surface area contributed by atoms with Crippen molar-refractivity contribution in [3.63, 3.8) is 0 Å². The highest BCUT2D eigenvalue weighted by molar-refractivity contribution is 6.32. The smallest absolute Gasteiger partial charge is 0.338 e. The van der Waals surface area contributed by atoms with Crippen LogP contribution < -0.4 is 10.9 Å². The maximum Gasteiger partial charge on any atom is 0.338 e. The zero-order valence-corrected chi connectivity index (χ0v) is 15.4. The summed E-state index contributed by atoms with van der Waals surface area (Å²) >= 11 is 6.15. The van der Waals surface area contributed by atoms with Crippen molar-refractivity contribution < 1.29 is 18.7 Å². The van der Waals surface area contributed by atoms with Gasteiger partial charge < -0.3 is 14.5 Å². The quantitative estimate of drug-likeness (QED) is 0.540. The van der Waals surface area contributed by atoms with E-state index in [1.807, 2.05) is 0 Å². The van der Waals surface area contributed by atoms with Crippen molar-refractivity contribution >= 4 is 40.1 Å². The number of carbonyl (C=O) groups excluding carboxylic acids is 2. The molecule has 3 aromatic rings. The van der Waals surface area contributed by atoms with Crippen LogP contribution in [-0.2, 0) is 16.1 Å². The highest BCUT2D eigenvalue weighted by Gasteiger charge is 2.12. The Hall–Kier alpha value is -3.12. The predicted molar refractivity (Wildman–Crippen MR) is 102 cm³/mol. The van der Waals surface area contributed by atoms with E-state index in [2.05, 4.69) is 5.32 Å². The summed E-state index contributed by atoms with van der Waals surface area (Å²) in [4.78, 5) is 35.0. The molecule has 27 heavy (non-hydrogen) atoms. The third-order valence-electron chi connectivity index (χ3n) is 3.91. The number of hydrogen-bond acceptors (Lipinski definition) is 5. The zero-order valence-electron chi connectivity index (χ0n) is 14.7. The molecule has 0 bridgehead atoms. The van der Waals surface area contributed by atoms with Crippen molar-refractivity contribution in [2.24, 2.45) is 0 Å². The Morgan fingerprint density at radius 3 is 2.52 bits per heavy atom. The Balaban J connectivity index is 1.80. The number of benzene rings is 2. The molecule has 0 spiro atoms. The van der Waals surface area contributed by atoms with Crippen molar-refractivity contribution in [3.8, 4) is 0 Å². The van der Waals surface area contributed by atoms with Gasteiger partial charge in [0, 0.05) is 34.6 Å². The number of halogens is 1. The monoisotopic (exact) mass is 385 g/mol. The minimum Gasteiger partial charge on any atom is -0.457 e. The number of amides is 1. The molecule has 0 saturated heterocycles. The number of nitrogens with one attached hydrogen (secondary N) is 1. The third kappa shape index (κ3) is 4.35. The van der Waals surface area contributed by atoms with Crippen molar-refractivity contribution in [1.29, 1.82) is 0 Å². The highest BCUT2D eigenvalue weighted by atomic mass is 35.5. The number of fused-ring (bicyclic) bond motifs is 1. The van der Waals surface area contributed by atoms with Gasteiger partial charge in [-0.2, -0.15) is 0 Å². The van der Waals surface area contributed by atoms with Gasteiger partial charge in [0.2, 0.25) is 5.91 Å². The van der Waals surface area contributed by atoms with Crippen LogP contribution in [0.25, 0.3) is 11.0 Å². The van der Waals surface area contributed by atoms with Crippen LogP contribution in [0, 0.1) is 6.92 Å². The normalized spacial score (nSPS) is 10.6. The molecule has 138 valence electrons. The van der Waals surface area contributed by atoms with Crippen molar-refractivity contribution in [2.75, 3.05) is 5.32 Å². The molecular weight excluding hydrogens is 370 g/mol. The van der Waals surface area contributed by atoms with Crippen LogP contribution in [0.5, 0.6) is 0 Å². The first kappa shape index (κ1) is 18.7. The van der Waals surface area contributed by atoms with Crippen LogP contribution in [0.3, 0.4) is 0 Å². The molecule has 0 aliphatic carbocycles. The molecule has 6 nitrogen and oxygen atoms in total. The van der Waals surface area contributed by atoms with Gasteiger partial charge in [-0.05, 0) is 48.9 Å². The lowest BCUT2D eigenvalue weighted by Gasteiger charge is -2.09. The lowest BCUT2D eigenvalue weighted by Crippen LogP contribution is -2.09. The summed E-state index contributed by atoms with van der Waals surface area (Å²) in [6.45, 7) is 3.10. The van der Waals surface area contributed by atoms with E-state index in [9.17, 15) is 14.4 Å². The van der Waals surface area contributed by atoms with Crippen LogP contribution in [0.1, 0.15) is 28.4 Å². The minimum atomic E-state index is -0.552. The van der Waals surface area contributed by atoms with Gasteiger partial charge in [-0.25, -0.2) is 9.59 Å². The number of esters is 1. The number of aryl methyl sites for hydroxylation is 1. The second kappa shape index (κ2) is 7.63. The Bertz CT molecular complexity index is 1090. The lowest BCUT2D eigenvalue weighted by molar-refractivity contribution is -0.114. The molecule has 1 N–H and O–H groups in total. The molecular formula is C20H16ClNO5. The second-order valence-corrected chi connectivity index (χ2v) is 6.43. The number of hydrogen-bond donors (Lipinski definition) is 1. The zero-order chi connectivity index (χ0) is 19.6. The van der Waals surface area contributed by atoms with Crippen LogP contribution in [0.2, 0.25) is 5.02 Å². The van der Waals surface area contributed by atoms with Gasteiger partial charge in [-0.3, -0.25) is 4.79 Å². The van der Waals surface area contributed by atoms with Crippen LogP contribution in [0.4, 0.5) is 5.69 Å². The Labute approximate surface area is 159 Å². The van der Waals surface area contributed by atoms with Gasteiger partial charge in [-0.1, -0.05) is 11.6 Å². The molecule has 0 unspecified atom stereocenters. The molecule has 1 amide bonds. The van der Waals surface area contributed by atoms with Gasteiger partial charge in [0.1, 0.15) is 12.2 Å². The largest absolute Gasteiger partial charge is 0.457 e. The SMILES string of the molecule is CC(=O)Nc1ccc(C(=O)OCc2cc(=O)oc3cc(C)c(Cl)cc23)cc1. The highest BCUT2D eigenvalue weighted by Crippen LogP contribution is 2.25. The van der Waals surface area contributed by atoms with E-state index in [1.165, 1.54) is 13.0 Å². The van der Waals surface area contributed by atoms with Crippen LogP contribution in [0.15, 0.2) is 51.7 Å². The summed E-state index contributed by atoms with van der Waals surface area (Å²) in [5.41, 5.74) is 2.04. The van der Waals surface area contributed by atoms with E-state index in [4.69, 9.17) is 20.8 Å². The van der Waals surface area contributed by atoms with Crippen molar-refractivity contribution in [1.82, 2.24) is 0 Å². The predicted octanol–water partition coefficient (Wildman–Crippen LogP) is 4.07. The standard InChI is InChI=1S/C20H16ClNO5/c1-11-7-18-16(9-17(11)21)14(8-19(24)27-18)10-26-20(25)13-3-5-15(6-4-13)22-12(2)23/h3-9H,10H2,1-2H3,(H,22,23). The molecule has 0 aliphatic rings. The third-order valence-corrected chi connectivity index (χ3v) is 4.32. The maximum atomic E-state index is 12.3. The maximum absolute atomic E-state index is 12.3. The first-order valence-electron chi connectivity index (χ1n) is 8.11. The second-order valence-electron chi connectivity index (χ2n) is 6.02. The molecule has 1 heterocycles. The summed E-state index contributed by atoms with van der Waals surface area (Å²) in [6.07, 6.45) is 0. The van der Waals surface area contributed by atoms with Crippen LogP contribution >= 0.6 is 11.6 Å². The lowest BCUT2D eigenvalue weighted by atomic mass is 10.1. The molecule has 7 heteroatoms. The first-order valence-corrected chi connectivity index (χ1v) is 8.49. The fraction of sp³-hybridized carbons (Fsp3) is 0.150. The number of anilines is 1. The van der Waals surface area contributed by atoms with Gasteiger partial charge in [0.05, 0.1) is 5.56 Å². The molecule has 0 aliphatic heterocycles. The number of ether oxygens (including phenoxy) is 1. The molecule has 3 rings (SSSR count). The average Bonchev–Trinajstić information content (AvgIpc) is 2.61. The van der Waals surface area contributed by atoms with E-state index in [-0.39, 0.29) is 12.5 Å². The Morgan fingerprint density at radius 2 is 1.85 bits per heavy atom. The van der Waals surface area contributed by atoms with E-state index >= 15 is 0 Å². The Morgan fingerprint density at radius 1 is 1.15 bits per heavy atom. The number of rotatable bonds is 4. The fourth-order valence-electron chi connectivity index (χ4n) is 2.59. The van der Waals surface area contributed by atoms with E-state index in [0.29, 0.717) is 32.8 Å². The van der Waals surface area contributed by atoms with Crippen LogP contribution in [-0.4, -0.2) is 11.9 Å². The molecule has 0 radical (unpaired) electrons. The van der Waals surface area contributed by atoms with Crippen molar-refractivity contribution in [3.05, 3.63) is 74.6 Å². The molecule has 0 saturated carbocycles. The summed E-state index contributed by atoms with van der Waals surface area (Å²) in [6, 6.07) is 10.9. The summed E-state index contributed by atoms with van der Waals surface area (Å²) < 4.78 is 10.5. The summed E-state index contributed by atoms with van der Waals surface area (Å²) in [5, 5.41) is 3.75. The average molecular weight is 386 g/mol. The first-order chi connectivity index (χ1) is 12.8. The van der Waals surface area contributed by atoms with E-state index in [0.717, 1.165) is 5.56 Å². The summed E-state index contributed by atoms with van der Waals surface area (Å²) in [7, 11) is 0. The van der Waals surface area contributed by atoms with Crippen molar-refractivity contribution in [2.45, 2.75) is 20.5 Å².